The summed E-state index contributed by atoms with van der Waals surface area (Å²) in [5.74, 6) is -0.414. The third kappa shape index (κ3) is 3.13. The van der Waals surface area contributed by atoms with Gasteiger partial charge in [-0.1, -0.05) is 15.9 Å². The summed E-state index contributed by atoms with van der Waals surface area (Å²) in [5.41, 5.74) is -0.0529. The van der Waals surface area contributed by atoms with Crippen LogP contribution in [-0.4, -0.2) is 22.9 Å². The Balaban J connectivity index is 2.44. The van der Waals surface area contributed by atoms with Crippen LogP contribution in [0, 0.1) is 17.0 Å². The van der Waals surface area contributed by atoms with Crippen molar-refractivity contribution in [2.24, 2.45) is 7.05 Å². The van der Waals surface area contributed by atoms with Crippen LogP contribution in [0.2, 0.25) is 0 Å². The second kappa shape index (κ2) is 5.57. The molecule has 1 aromatic carbocycles. The Bertz CT molecular complexity index is 797. The fraction of sp³-hybridized carbons (Fsp3) is 0.250. The van der Waals surface area contributed by atoms with Crippen molar-refractivity contribution in [2.45, 2.75) is 17.6 Å². The lowest BCUT2D eigenvalue weighted by Crippen LogP contribution is -2.08. The maximum absolute atomic E-state index is 12.3. The molecule has 0 unspecified atom stereocenters. The molecule has 2 rings (SSSR count). The second-order valence-electron chi connectivity index (χ2n) is 4.46. The number of nitrogens with zero attached hydrogens (tertiary/aromatic N) is 3. The molecule has 9 heteroatoms. The van der Waals surface area contributed by atoms with E-state index in [1.54, 1.807) is 19.1 Å². The molecule has 0 amide bonds. The van der Waals surface area contributed by atoms with Crippen molar-refractivity contribution >= 4 is 31.6 Å². The number of aryl methyl sites for hydroxylation is 1. The highest BCUT2D eigenvalue weighted by atomic mass is 79.9. The lowest BCUT2D eigenvalue weighted by molar-refractivity contribution is -0.392. The monoisotopic (exact) mass is 373 g/mol. The summed E-state index contributed by atoms with van der Waals surface area (Å²) in [6, 6.07) is 6.10. The molecule has 0 bridgehead atoms. The van der Waals surface area contributed by atoms with Gasteiger partial charge in [-0.3, -0.25) is 0 Å². The fourth-order valence-corrected chi connectivity index (χ4v) is 3.43. The first-order valence-electron chi connectivity index (χ1n) is 5.87. The molecule has 0 atom stereocenters. The average Bonchev–Trinajstić information content (AvgIpc) is 2.64. The van der Waals surface area contributed by atoms with Crippen LogP contribution >= 0.6 is 15.9 Å². The minimum atomic E-state index is -3.69. The number of aromatic nitrogens is 2. The summed E-state index contributed by atoms with van der Waals surface area (Å²) in [4.78, 5) is 14.5. The summed E-state index contributed by atoms with van der Waals surface area (Å²) in [6.07, 6.45) is 0. The molecular formula is C12H12BrN3O4S. The highest BCUT2D eigenvalue weighted by Crippen LogP contribution is 2.24. The normalized spacial score (nSPS) is 11.6. The zero-order chi connectivity index (χ0) is 15.8. The Hall–Kier alpha value is -1.74. The Kier molecular flexibility index (Phi) is 4.15. The molecule has 0 spiro atoms. The van der Waals surface area contributed by atoms with E-state index >= 15 is 0 Å². The Morgan fingerprint density at radius 2 is 1.90 bits per heavy atom. The van der Waals surface area contributed by atoms with Gasteiger partial charge in [0.25, 0.3) is 0 Å². The third-order valence-corrected chi connectivity index (χ3v) is 5.20. The number of imidazole rings is 1. The molecule has 1 heterocycles. The summed E-state index contributed by atoms with van der Waals surface area (Å²) in [5, 5.41) is 11.1. The van der Waals surface area contributed by atoms with E-state index in [1.807, 2.05) is 0 Å². The predicted octanol–water partition coefficient (Wildman–Crippen LogP) is 2.37. The number of sulfone groups is 1. The van der Waals surface area contributed by atoms with Gasteiger partial charge in [0.05, 0.1) is 11.9 Å². The van der Waals surface area contributed by atoms with Crippen molar-refractivity contribution in [3.8, 4) is 0 Å². The van der Waals surface area contributed by atoms with Crippen LogP contribution in [0.1, 0.15) is 11.5 Å². The molecule has 0 aliphatic rings. The van der Waals surface area contributed by atoms with Crippen molar-refractivity contribution in [2.75, 3.05) is 0 Å². The summed E-state index contributed by atoms with van der Waals surface area (Å²) in [7, 11) is -2.21. The average molecular weight is 374 g/mol. The van der Waals surface area contributed by atoms with E-state index in [1.165, 1.54) is 23.7 Å². The quantitative estimate of drug-likeness (QED) is 0.605. The molecule has 112 valence electrons. The molecule has 0 aliphatic heterocycles. The number of hydrogen-bond acceptors (Lipinski definition) is 5. The summed E-state index contributed by atoms with van der Waals surface area (Å²) in [6.45, 7) is 1.59. The summed E-state index contributed by atoms with van der Waals surface area (Å²) < 4.78 is 26.7. The van der Waals surface area contributed by atoms with Gasteiger partial charge >= 0.3 is 5.82 Å². The second-order valence-corrected chi connectivity index (χ2v) is 7.36. The van der Waals surface area contributed by atoms with E-state index in [4.69, 9.17) is 0 Å². The van der Waals surface area contributed by atoms with E-state index < -0.39 is 20.5 Å². The topological polar surface area (TPSA) is 95.1 Å². The largest absolute Gasteiger partial charge is 0.358 e. The number of rotatable bonds is 4. The van der Waals surface area contributed by atoms with Crippen molar-refractivity contribution < 1.29 is 13.3 Å². The van der Waals surface area contributed by atoms with Crippen LogP contribution < -0.4 is 0 Å². The van der Waals surface area contributed by atoms with Crippen LogP contribution in [0.5, 0.6) is 0 Å². The summed E-state index contributed by atoms with van der Waals surface area (Å²) >= 11 is 3.22. The van der Waals surface area contributed by atoms with E-state index in [9.17, 15) is 18.5 Å². The van der Waals surface area contributed by atoms with Crippen LogP contribution in [0.15, 0.2) is 33.6 Å². The highest BCUT2D eigenvalue weighted by Gasteiger charge is 2.27. The number of benzene rings is 1. The third-order valence-electron chi connectivity index (χ3n) is 3.03. The van der Waals surface area contributed by atoms with Crippen LogP contribution in [0.4, 0.5) is 5.82 Å². The van der Waals surface area contributed by atoms with Gasteiger partial charge in [-0.2, -0.15) is 0 Å². The van der Waals surface area contributed by atoms with Crippen molar-refractivity contribution in [3.63, 3.8) is 0 Å². The lowest BCUT2D eigenvalue weighted by atomic mass is 10.4. The first-order valence-corrected chi connectivity index (χ1v) is 8.32. The van der Waals surface area contributed by atoms with Gasteiger partial charge in [0.15, 0.2) is 21.4 Å². The van der Waals surface area contributed by atoms with Crippen LogP contribution in [0.3, 0.4) is 0 Å². The standard InChI is InChI=1S/C12H12BrN3O4S/c1-8-14-11(12(15(8)2)16(17)18)7-21(19,20)10-5-3-9(13)4-6-10/h3-6H,7H2,1-2H3. The fourth-order valence-electron chi connectivity index (χ4n) is 1.90. The van der Waals surface area contributed by atoms with Gasteiger partial charge in [-0.25, -0.2) is 18.0 Å². The van der Waals surface area contributed by atoms with E-state index in [0.717, 1.165) is 4.47 Å². The van der Waals surface area contributed by atoms with E-state index in [0.29, 0.717) is 5.82 Å². The molecule has 1 aromatic heterocycles. The SMILES string of the molecule is Cc1nc(CS(=O)(=O)c2ccc(Br)cc2)c([N+](=O)[O-])n1C. The number of nitro groups is 1. The van der Waals surface area contributed by atoms with Crippen LogP contribution in [-0.2, 0) is 22.6 Å². The Labute approximate surface area is 129 Å². The molecule has 0 N–H and O–H groups in total. The van der Waals surface area contributed by atoms with Gasteiger partial charge in [-0.15, -0.1) is 0 Å². The smallest absolute Gasteiger partial charge is 0.346 e. The van der Waals surface area contributed by atoms with Gasteiger partial charge in [0.2, 0.25) is 0 Å². The minimum absolute atomic E-state index is 0.0529. The highest BCUT2D eigenvalue weighted by molar-refractivity contribution is 9.10. The molecule has 0 saturated carbocycles. The Morgan fingerprint density at radius 1 is 1.33 bits per heavy atom. The van der Waals surface area contributed by atoms with Gasteiger partial charge in [0.1, 0.15) is 5.75 Å². The van der Waals surface area contributed by atoms with Crippen molar-refractivity contribution in [1.82, 2.24) is 9.55 Å². The first-order chi connectivity index (χ1) is 9.72. The maximum atomic E-state index is 12.3. The van der Waals surface area contributed by atoms with Gasteiger partial charge in [0, 0.05) is 11.4 Å². The van der Waals surface area contributed by atoms with E-state index in [2.05, 4.69) is 20.9 Å². The molecule has 0 fully saturated rings. The molecule has 0 radical (unpaired) electrons. The Morgan fingerprint density at radius 3 is 2.43 bits per heavy atom. The van der Waals surface area contributed by atoms with E-state index in [-0.39, 0.29) is 16.4 Å². The van der Waals surface area contributed by atoms with Crippen molar-refractivity contribution in [3.05, 3.63) is 50.4 Å². The first kappa shape index (κ1) is 15.6. The minimum Gasteiger partial charge on any atom is -0.358 e. The predicted molar refractivity (Wildman–Crippen MR) is 79.6 cm³/mol. The number of halogens is 1. The maximum Gasteiger partial charge on any atom is 0.346 e. The van der Waals surface area contributed by atoms with Crippen molar-refractivity contribution in [1.29, 1.82) is 0 Å². The molecule has 2 aromatic rings. The molecular weight excluding hydrogens is 362 g/mol. The van der Waals surface area contributed by atoms with Crippen LogP contribution in [0.25, 0.3) is 0 Å². The number of hydrogen-bond donors (Lipinski definition) is 0. The van der Waals surface area contributed by atoms with Gasteiger partial charge in [-0.05, 0) is 29.2 Å². The molecule has 7 nitrogen and oxygen atoms in total. The zero-order valence-corrected chi connectivity index (χ0v) is 13.7. The lowest BCUT2D eigenvalue weighted by Gasteiger charge is -2.03. The molecule has 21 heavy (non-hydrogen) atoms. The van der Waals surface area contributed by atoms with Gasteiger partial charge < -0.3 is 10.1 Å². The molecule has 0 saturated heterocycles. The zero-order valence-electron chi connectivity index (χ0n) is 11.3. The molecule has 0 aliphatic carbocycles.